The van der Waals surface area contributed by atoms with Gasteiger partial charge in [0.2, 0.25) is 0 Å². The molecule has 0 aliphatic carbocycles. The topological polar surface area (TPSA) is 87.5 Å². The summed E-state index contributed by atoms with van der Waals surface area (Å²) in [6.07, 6.45) is 3.78. The number of carboxylic acid groups (broad SMARTS) is 1. The van der Waals surface area contributed by atoms with Gasteiger partial charge in [0.05, 0.1) is 6.54 Å². The third-order valence-corrected chi connectivity index (χ3v) is 2.65. The summed E-state index contributed by atoms with van der Waals surface area (Å²) < 4.78 is 1.80. The lowest BCUT2D eigenvalue weighted by molar-refractivity contribution is -0.139. The molecule has 2 N–H and O–H groups in total. The first kappa shape index (κ1) is 14.0. The number of hydrogen-bond acceptors (Lipinski definition) is 3. The normalized spacial score (nSPS) is 11.9. The summed E-state index contributed by atoms with van der Waals surface area (Å²) in [6.45, 7) is 2.03. The molecule has 1 rings (SSSR count). The Balaban J connectivity index is 2.56. The van der Waals surface area contributed by atoms with Crippen LogP contribution in [0.15, 0.2) is 12.4 Å². The number of carbonyl (C=O) groups is 2. The fraction of sp³-hybridized carbons (Fsp3) is 0.545. The first-order valence-corrected chi connectivity index (χ1v) is 5.66. The van der Waals surface area contributed by atoms with E-state index in [2.05, 4.69) is 10.3 Å². The average molecular weight is 254 g/mol. The zero-order chi connectivity index (χ0) is 13.7. The predicted molar refractivity (Wildman–Crippen MR) is 64.9 cm³/mol. The maximum atomic E-state index is 11.8. The summed E-state index contributed by atoms with van der Waals surface area (Å²) >= 11 is 0. The van der Waals surface area contributed by atoms with Crippen molar-refractivity contribution < 1.29 is 14.7 Å². The van der Waals surface area contributed by atoms with E-state index in [0.717, 1.165) is 5.82 Å². The number of aliphatic carboxylic acids is 1. The Kier molecular flexibility index (Phi) is 4.70. The highest BCUT2D eigenvalue weighted by molar-refractivity contribution is 5.82. The molecule has 0 aromatic carbocycles. The molecule has 0 saturated heterocycles. The molecule has 0 spiro atoms. The number of aromatic nitrogens is 2. The number of nitrogens with zero attached hydrogens (tertiary/aromatic N) is 3. The van der Waals surface area contributed by atoms with Gasteiger partial charge < -0.3 is 19.9 Å². The van der Waals surface area contributed by atoms with Crippen molar-refractivity contribution in [2.75, 3.05) is 7.05 Å². The molecule has 0 saturated carbocycles. The number of imidazole rings is 1. The summed E-state index contributed by atoms with van der Waals surface area (Å²) in [7, 11) is 3.43. The van der Waals surface area contributed by atoms with Crippen molar-refractivity contribution in [3.05, 3.63) is 18.2 Å². The third-order valence-electron chi connectivity index (χ3n) is 2.65. The number of amides is 2. The molecule has 1 heterocycles. The van der Waals surface area contributed by atoms with Gasteiger partial charge in [-0.05, 0) is 6.42 Å². The van der Waals surface area contributed by atoms with Gasteiger partial charge in [0.15, 0.2) is 0 Å². The van der Waals surface area contributed by atoms with Gasteiger partial charge in [-0.25, -0.2) is 14.6 Å². The molecule has 100 valence electrons. The van der Waals surface area contributed by atoms with Crippen molar-refractivity contribution in [2.45, 2.75) is 25.9 Å². The molecule has 1 aromatic rings. The standard InChI is InChI=1S/C11H18N4O3/c1-4-8(10(16)17)13-11(18)15(3)7-9-12-5-6-14(9)2/h5-6,8H,4,7H2,1-3H3,(H,13,18)(H,16,17)/t8-/m0/s1. The van der Waals surface area contributed by atoms with E-state index in [1.807, 2.05) is 7.05 Å². The average Bonchev–Trinajstić information content (AvgIpc) is 2.71. The molecule has 0 aliphatic rings. The number of hydrogen-bond donors (Lipinski definition) is 2. The maximum Gasteiger partial charge on any atom is 0.326 e. The molecule has 1 aromatic heterocycles. The summed E-state index contributed by atoms with van der Waals surface area (Å²) in [5, 5.41) is 11.3. The molecule has 0 bridgehead atoms. The van der Waals surface area contributed by atoms with Crippen molar-refractivity contribution >= 4 is 12.0 Å². The number of carbonyl (C=O) groups excluding carboxylic acids is 1. The van der Waals surface area contributed by atoms with Gasteiger partial charge in [-0.1, -0.05) is 6.92 Å². The van der Waals surface area contributed by atoms with E-state index in [1.165, 1.54) is 4.90 Å². The minimum absolute atomic E-state index is 0.325. The van der Waals surface area contributed by atoms with Crippen LogP contribution >= 0.6 is 0 Å². The second kappa shape index (κ2) is 6.04. The molecule has 0 unspecified atom stereocenters. The van der Waals surface area contributed by atoms with E-state index < -0.39 is 18.0 Å². The molecule has 0 radical (unpaired) electrons. The van der Waals surface area contributed by atoms with E-state index in [0.29, 0.717) is 13.0 Å². The van der Waals surface area contributed by atoms with Crippen molar-refractivity contribution in [1.82, 2.24) is 19.8 Å². The minimum atomic E-state index is -1.03. The van der Waals surface area contributed by atoms with Gasteiger partial charge in [-0.2, -0.15) is 0 Å². The number of nitrogens with one attached hydrogen (secondary N) is 1. The lowest BCUT2D eigenvalue weighted by atomic mass is 10.2. The summed E-state index contributed by atoms with van der Waals surface area (Å²) in [6, 6.07) is -1.28. The van der Waals surface area contributed by atoms with Crippen LogP contribution in [-0.2, 0) is 18.4 Å². The van der Waals surface area contributed by atoms with Crippen molar-refractivity contribution in [3.8, 4) is 0 Å². The highest BCUT2D eigenvalue weighted by atomic mass is 16.4. The van der Waals surface area contributed by atoms with Crippen LogP contribution in [0, 0.1) is 0 Å². The van der Waals surface area contributed by atoms with Crippen LogP contribution in [0.25, 0.3) is 0 Å². The van der Waals surface area contributed by atoms with E-state index in [4.69, 9.17) is 5.11 Å². The van der Waals surface area contributed by atoms with Gasteiger partial charge in [-0.3, -0.25) is 0 Å². The predicted octanol–water partition coefficient (Wildman–Crippen LogP) is 0.425. The first-order chi connectivity index (χ1) is 8.45. The summed E-state index contributed by atoms with van der Waals surface area (Å²) in [5.74, 6) is -0.299. The second-order valence-corrected chi connectivity index (χ2v) is 4.06. The molecular weight excluding hydrogens is 236 g/mol. The summed E-state index contributed by atoms with van der Waals surface area (Å²) in [5.41, 5.74) is 0. The maximum absolute atomic E-state index is 11.8. The Labute approximate surface area is 105 Å². The molecule has 1 atom stereocenters. The zero-order valence-electron chi connectivity index (χ0n) is 10.8. The number of carboxylic acids is 1. The van der Waals surface area contributed by atoms with Crippen LogP contribution < -0.4 is 5.32 Å². The fourth-order valence-electron chi connectivity index (χ4n) is 1.43. The van der Waals surface area contributed by atoms with E-state index in [9.17, 15) is 9.59 Å². The lowest BCUT2D eigenvalue weighted by Crippen LogP contribution is -2.46. The number of aryl methyl sites for hydroxylation is 1. The quantitative estimate of drug-likeness (QED) is 0.797. The Hall–Kier alpha value is -2.05. The Bertz CT molecular complexity index is 430. The van der Waals surface area contributed by atoms with Gasteiger partial charge in [0, 0.05) is 26.5 Å². The second-order valence-electron chi connectivity index (χ2n) is 4.06. The minimum Gasteiger partial charge on any atom is -0.480 e. The van der Waals surface area contributed by atoms with E-state index in [1.54, 1.807) is 30.9 Å². The van der Waals surface area contributed by atoms with Gasteiger partial charge in [0.25, 0.3) is 0 Å². The smallest absolute Gasteiger partial charge is 0.326 e. The van der Waals surface area contributed by atoms with E-state index in [-0.39, 0.29) is 0 Å². The molecular formula is C11H18N4O3. The largest absolute Gasteiger partial charge is 0.480 e. The molecule has 0 fully saturated rings. The Morgan fingerprint density at radius 1 is 1.61 bits per heavy atom. The van der Waals surface area contributed by atoms with Crippen LogP contribution in [0.1, 0.15) is 19.2 Å². The number of urea groups is 1. The highest BCUT2D eigenvalue weighted by Crippen LogP contribution is 2.00. The molecule has 7 nitrogen and oxygen atoms in total. The van der Waals surface area contributed by atoms with Gasteiger partial charge in [0.1, 0.15) is 11.9 Å². The van der Waals surface area contributed by atoms with E-state index >= 15 is 0 Å². The SMILES string of the molecule is CC[C@H](NC(=O)N(C)Cc1nccn1C)C(=O)O. The van der Waals surface area contributed by atoms with Crippen LogP contribution in [0.3, 0.4) is 0 Å². The molecule has 7 heteroatoms. The Morgan fingerprint density at radius 2 is 2.28 bits per heavy atom. The first-order valence-electron chi connectivity index (χ1n) is 5.66. The molecule has 2 amide bonds. The van der Waals surface area contributed by atoms with Crippen LogP contribution in [0.5, 0.6) is 0 Å². The molecule has 18 heavy (non-hydrogen) atoms. The van der Waals surface area contributed by atoms with Crippen LogP contribution in [-0.4, -0.2) is 44.6 Å². The van der Waals surface area contributed by atoms with Gasteiger partial charge >= 0.3 is 12.0 Å². The van der Waals surface area contributed by atoms with Crippen LogP contribution in [0.4, 0.5) is 4.79 Å². The van der Waals surface area contributed by atoms with Crippen molar-refractivity contribution in [1.29, 1.82) is 0 Å². The van der Waals surface area contributed by atoms with Crippen molar-refractivity contribution in [3.63, 3.8) is 0 Å². The van der Waals surface area contributed by atoms with Crippen LogP contribution in [0.2, 0.25) is 0 Å². The lowest BCUT2D eigenvalue weighted by Gasteiger charge is -2.20. The van der Waals surface area contributed by atoms with Crippen molar-refractivity contribution in [2.24, 2.45) is 7.05 Å². The third kappa shape index (κ3) is 3.47. The highest BCUT2D eigenvalue weighted by Gasteiger charge is 2.20. The Morgan fingerprint density at radius 3 is 2.72 bits per heavy atom. The number of rotatable bonds is 5. The van der Waals surface area contributed by atoms with Gasteiger partial charge in [-0.15, -0.1) is 0 Å². The zero-order valence-corrected chi connectivity index (χ0v) is 10.8. The summed E-state index contributed by atoms with van der Waals surface area (Å²) in [4.78, 5) is 28.1. The fourth-order valence-corrected chi connectivity index (χ4v) is 1.43. The monoisotopic (exact) mass is 254 g/mol. The molecule has 0 aliphatic heterocycles.